The number of hydrogen-bond donors (Lipinski definition) is 1. The number of nitrogens with one attached hydrogen (secondary N) is 1. The van der Waals surface area contributed by atoms with Crippen LogP contribution in [0.5, 0.6) is 0 Å². The second kappa shape index (κ2) is 5.30. The number of benzene rings is 1. The molecule has 1 aromatic rings. The summed E-state index contributed by atoms with van der Waals surface area (Å²) in [6.07, 6.45) is -5.30. The summed E-state index contributed by atoms with van der Waals surface area (Å²) in [5.41, 5.74) is 0.272. The molecule has 1 atom stereocenters. The van der Waals surface area contributed by atoms with Crippen LogP contribution in [0.2, 0.25) is 0 Å². The van der Waals surface area contributed by atoms with Gasteiger partial charge in [0.05, 0.1) is 0 Å². The predicted molar refractivity (Wildman–Crippen MR) is 53.5 cm³/mol. The highest BCUT2D eigenvalue weighted by Crippen LogP contribution is 2.28. The molecule has 0 aliphatic heterocycles. The Kier molecular flexibility index (Phi) is 4.29. The fourth-order valence-electron chi connectivity index (χ4n) is 1.52. The van der Waals surface area contributed by atoms with Gasteiger partial charge in [-0.1, -0.05) is 18.2 Å². The average molecular weight is 235 g/mol. The summed E-state index contributed by atoms with van der Waals surface area (Å²) >= 11 is 0. The van der Waals surface area contributed by atoms with E-state index in [1.807, 2.05) is 0 Å². The standard InChI is InChI=1S/C11H13F4N/c1-16-10(6-7-11(13,14)15)8-4-2-3-5-9(8)12/h2-5,10,16H,6-7H2,1H3. The predicted octanol–water partition coefficient (Wildman–Crippen LogP) is 3.43. The molecule has 1 nitrogen and oxygen atoms in total. The summed E-state index contributed by atoms with van der Waals surface area (Å²) < 4.78 is 49.5. The van der Waals surface area contributed by atoms with Gasteiger partial charge in [-0.05, 0) is 19.5 Å². The van der Waals surface area contributed by atoms with Gasteiger partial charge in [0.2, 0.25) is 0 Å². The third-order valence-corrected chi connectivity index (χ3v) is 2.35. The minimum absolute atomic E-state index is 0.166. The van der Waals surface area contributed by atoms with Crippen molar-refractivity contribution < 1.29 is 17.6 Å². The molecule has 0 saturated heterocycles. The molecule has 90 valence electrons. The van der Waals surface area contributed by atoms with Crippen LogP contribution < -0.4 is 5.32 Å². The summed E-state index contributed by atoms with van der Waals surface area (Å²) in [7, 11) is 1.52. The minimum atomic E-state index is -4.21. The lowest BCUT2D eigenvalue weighted by Crippen LogP contribution is -2.20. The smallest absolute Gasteiger partial charge is 0.313 e. The van der Waals surface area contributed by atoms with Crippen LogP contribution in [0.4, 0.5) is 17.6 Å². The Morgan fingerprint density at radius 1 is 1.25 bits per heavy atom. The van der Waals surface area contributed by atoms with Crippen molar-refractivity contribution in [3.63, 3.8) is 0 Å². The first-order valence-corrected chi connectivity index (χ1v) is 4.92. The van der Waals surface area contributed by atoms with Gasteiger partial charge in [-0.2, -0.15) is 13.2 Å². The zero-order valence-corrected chi connectivity index (χ0v) is 8.81. The molecule has 1 N–H and O–H groups in total. The van der Waals surface area contributed by atoms with Crippen molar-refractivity contribution in [2.75, 3.05) is 7.05 Å². The minimum Gasteiger partial charge on any atom is -0.313 e. The SMILES string of the molecule is CNC(CCC(F)(F)F)c1ccccc1F. The molecule has 16 heavy (non-hydrogen) atoms. The van der Waals surface area contributed by atoms with E-state index >= 15 is 0 Å². The van der Waals surface area contributed by atoms with Gasteiger partial charge in [-0.15, -0.1) is 0 Å². The normalized spacial score (nSPS) is 13.8. The molecule has 1 aromatic carbocycles. The summed E-state index contributed by atoms with van der Waals surface area (Å²) in [4.78, 5) is 0. The molecule has 0 aliphatic carbocycles. The van der Waals surface area contributed by atoms with Crippen LogP contribution in [-0.4, -0.2) is 13.2 Å². The first-order valence-electron chi connectivity index (χ1n) is 4.92. The zero-order valence-electron chi connectivity index (χ0n) is 8.81. The van der Waals surface area contributed by atoms with Gasteiger partial charge in [0, 0.05) is 18.0 Å². The summed E-state index contributed by atoms with van der Waals surface area (Å²) in [6, 6.07) is 5.24. The van der Waals surface area contributed by atoms with E-state index in [0.29, 0.717) is 0 Å². The van der Waals surface area contributed by atoms with E-state index in [-0.39, 0.29) is 12.0 Å². The largest absolute Gasteiger partial charge is 0.389 e. The maximum absolute atomic E-state index is 13.3. The number of alkyl halides is 3. The molecule has 0 fully saturated rings. The van der Waals surface area contributed by atoms with Gasteiger partial charge in [-0.25, -0.2) is 4.39 Å². The van der Waals surface area contributed by atoms with Gasteiger partial charge < -0.3 is 5.32 Å². The van der Waals surface area contributed by atoms with Gasteiger partial charge in [0.1, 0.15) is 5.82 Å². The molecule has 0 saturated carbocycles. The van der Waals surface area contributed by atoms with Gasteiger partial charge in [-0.3, -0.25) is 0 Å². The van der Waals surface area contributed by atoms with Crippen molar-refractivity contribution in [2.24, 2.45) is 0 Å². The lowest BCUT2D eigenvalue weighted by atomic mass is 10.0. The topological polar surface area (TPSA) is 12.0 Å². The van der Waals surface area contributed by atoms with Gasteiger partial charge in [0.25, 0.3) is 0 Å². The van der Waals surface area contributed by atoms with E-state index in [1.165, 1.54) is 25.2 Å². The summed E-state index contributed by atoms with van der Waals surface area (Å²) in [5, 5.41) is 2.69. The fourth-order valence-corrected chi connectivity index (χ4v) is 1.52. The highest BCUT2D eigenvalue weighted by Gasteiger charge is 2.28. The Morgan fingerprint density at radius 3 is 2.38 bits per heavy atom. The van der Waals surface area contributed by atoms with E-state index in [4.69, 9.17) is 0 Å². The molecule has 0 aliphatic rings. The molecule has 5 heteroatoms. The van der Waals surface area contributed by atoms with Crippen LogP contribution in [-0.2, 0) is 0 Å². The van der Waals surface area contributed by atoms with Crippen LogP contribution in [0.3, 0.4) is 0 Å². The number of hydrogen-bond acceptors (Lipinski definition) is 1. The molecule has 0 heterocycles. The van der Waals surface area contributed by atoms with E-state index in [2.05, 4.69) is 5.32 Å². The van der Waals surface area contributed by atoms with Crippen LogP contribution in [0.1, 0.15) is 24.4 Å². The second-order valence-corrected chi connectivity index (χ2v) is 3.52. The molecule has 0 bridgehead atoms. The van der Waals surface area contributed by atoms with E-state index in [1.54, 1.807) is 6.07 Å². The zero-order chi connectivity index (χ0) is 12.2. The molecule has 0 spiro atoms. The Labute approximate surface area is 91.5 Å². The monoisotopic (exact) mass is 235 g/mol. The van der Waals surface area contributed by atoms with E-state index in [9.17, 15) is 17.6 Å². The fraction of sp³-hybridized carbons (Fsp3) is 0.455. The lowest BCUT2D eigenvalue weighted by Gasteiger charge is -2.18. The van der Waals surface area contributed by atoms with Crippen LogP contribution in [0.15, 0.2) is 24.3 Å². The van der Waals surface area contributed by atoms with Crippen LogP contribution in [0.25, 0.3) is 0 Å². The lowest BCUT2D eigenvalue weighted by molar-refractivity contribution is -0.136. The van der Waals surface area contributed by atoms with Crippen molar-refractivity contribution in [1.82, 2.24) is 5.32 Å². The van der Waals surface area contributed by atoms with Crippen molar-refractivity contribution >= 4 is 0 Å². The van der Waals surface area contributed by atoms with Crippen LogP contribution >= 0.6 is 0 Å². The van der Waals surface area contributed by atoms with Crippen molar-refractivity contribution in [3.8, 4) is 0 Å². The molecule has 0 radical (unpaired) electrons. The second-order valence-electron chi connectivity index (χ2n) is 3.52. The third kappa shape index (κ3) is 3.81. The molecule has 0 aromatic heterocycles. The first kappa shape index (κ1) is 13.0. The highest BCUT2D eigenvalue weighted by molar-refractivity contribution is 5.21. The highest BCUT2D eigenvalue weighted by atomic mass is 19.4. The van der Waals surface area contributed by atoms with E-state index < -0.39 is 24.5 Å². The van der Waals surface area contributed by atoms with Crippen molar-refractivity contribution in [1.29, 1.82) is 0 Å². The number of halogens is 4. The Bertz CT molecular complexity index is 335. The molecule has 1 rings (SSSR count). The summed E-state index contributed by atoms with van der Waals surface area (Å²) in [5.74, 6) is -0.482. The quantitative estimate of drug-likeness (QED) is 0.788. The van der Waals surface area contributed by atoms with Crippen molar-refractivity contribution in [2.45, 2.75) is 25.1 Å². The Hall–Kier alpha value is -1.10. The summed E-state index contributed by atoms with van der Waals surface area (Å²) in [6.45, 7) is 0. The Morgan fingerprint density at radius 2 is 1.88 bits per heavy atom. The molecular weight excluding hydrogens is 222 g/mol. The average Bonchev–Trinajstić information content (AvgIpc) is 2.20. The van der Waals surface area contributed by atoms with Gasteiger partial charge in [0.15, 0.2) is 0 Å². The molecular formula is C11H13F4N. The molecule has 0 amide bonds. The van der Waals surface area contributed by atoms with Crippen LogP contribution in [0, 0.1) is 5.82 Å². The van der Waals surface area contributed by atoms with E-state index in [0.717, 1.165) is 0 Å². The Balaban J connectivity index is 2.72. The molecule has 1 unspecified atom stereocenters. The van der Waals surface area contributed by atoms with Crippen molar-refractivity contribution in [3.05, 3.63) is 35.6 Å². The first-order chi connectivity index (χ1) is 7.44. The van der Waals surface area contributed by atoms with Gasteiger partial charge >= 0.3 is 6.18 Å². The third-order valence-electron chi connectivity index (χ3n) is 2.35. The maximum atomic E-state index is 13.3. The maximum Gasteiger partial charge on any atom is 0.389 e. The number of rotatable bonds is 4.